The summed E-state index contributed by atoms with van der Waals surface area (Å²) in [5.74, 6) is -1.82. The molecular weight excluding hydrogens is 434 g/mol. The quantitative estimate of drug-likeness (QED) is 0.511. The number of benzene rings is 2. The van der Waals surface area contributed by atoms with Crippen LogP contribution in [0, 0.1) is 0 Å². The van der Waals surface area contributed by atoms with Gasteiger partial charge in [-0.15, -0.1) is 0 Å². The molecule has 172 valence electrons. The van der Waals surface area contributed by atoms with Gasteiger partial charge in [-0.1, -0.05) is 48.5 Å². The number of nitrogens with zero attached hydrogens (tertiary/aromatic N) is 1. The molecule has 8 heteroatoms. The van der Waals surface area contributed by atoms with Crippen LogP contribution in [0.5, 0.6) is 0 Å². The Morgan fingerprint density at radius 2 is 1.62 bits per heavy atom. The highest BCUT2D eigenvalue weighted by atomic mass is 16.5. The summed E-state index contributed by atoms with van der Waals surface area (Å²) in [6.07, 6.45) is 2.12. The number of ether oxygens (including phenoxy) is 1. The first-order valence-corrected chi connectivity index (χ1v) is 11.1. The van der Waals surface area contributed by atoms with E-state index in [0.717, 1.165) is 28.7 Å². The number of fused-ring (bicyclic) bond motifs is 3. The summed E-state index contributed by atoms with van der Waals surface area (Å²) in [6.45, 7) is 0.129. The van der Waals surface area contributed by atoms with Crippen molar-refractivity contribution in [2.24, 2.45) is 0 Å². The van der Waals surface area contributed by atoms with E-state index in [2.05, 4.69) is 27.8 Å². The van der Waals surface area contributed by atoms with E-state index >= 15 is 0 Å². The van der Waals surface area contributed by atoms with Gasteiger partial charge < -0.3 is 15.2 Å². The van der Waals surface area contributed by atoms with Gasteiger partial charge in [-0.25, -0.2) is 14.6 Å². The Morgan fingerprint density at radius 3 is 2.21 bits per heavy atom. The maximum absolute atomic E-state index is 12.8. The van der Waals surface area contributed by atoms with E-state index in [0.29, 0.717) is 12.8 Å². The van der Waals surface area contributed by atoms with Gasteiger partial charge in [0.2, 0.25) is 0 Å². The summed E-state index contributed by atoms with van der Waals surface area (Å²) in [4.78, 5) is 41.1. The van der Waals surface area contributed by atoms with Crippen molar-refractivity contribution in [3.05, 3.63) is 83.7 Å². The molecule has 34 heavy (non-hydrogen) atoms. The molecule has 0 aliphatic heterocycles. The summed E-state index contributed by atoms with van der Waals surface area (Å²) < 4.78 is 5.55. The fourth-order valence-electron chi connectivity index (χ4n) is 4.63. The van der Waals surface area contributed by atoms with E-state index in [9.17, 15) is 19.5 Å². The topological polar surface area (TPSA) is 118 Å². The number of anilines is 1. The van der Waals surface area contributed by atoms with Crippen molar-refractivity contribution >= 4 is 23.7 Å². The van der Waals surface area contributed by atoms with Crippen LogP contribution in [-0.4, -0.2) is 40.2 Å². The highest BCUT2D eigenvalue weighted by Crippen LogP contribution is 2.44. The van der Waals surface area contributed by atoms with Crippen molar-refractivity contribution in [1.82, 2.24) is 10.3 Å². The van der Waals surface area contributed by atoms with Gasteiger partial charge in [-0.3, -0.25) is 10.1 Å². The second-order valence-corrected chi connectivity index (χ2v) is 8.55. The summed E-state index contributed by atoms with van der Waals surface area (Å²) in [5.41, 5.74) is 3.24. The minimum atomic E-state index is -1.28. The van der Waals surface area contributed by atoms with Gasteiger partial charge in [-0.05, 0) is 53.6 Å². The molecule has 1 heterocycles. The van der Waals surface area contributed by atoms with Crippen molar-refractivity contribution < 1.29 is 24.2 Å². The van der Waals surface area contributed by atoms with Gasteiger partial charge in [0.25, 0.3) is 5.91 Å². The summed E-state index contributed by atoms with van der Waals surface area (Å²) in [6, 6.07) is 19.2. The molecule has 2 aliphatic rings. The van der Waals surface area contributed by atoms with Crippen LogP contribution in [0.15, 0.2) is 66.9 Å². The third kappa shape index (κ3) is 3.77. The van der Waals surface area contributed by atoms with Crippen LogP contribution in [0.2, 0.25) is 0 Å². The number of aliphatic carboxylic acids is 1. The second-order valence-electron chi connectivity index (χ2n) is 8.55. The molecule has 0 spiro atoms. The Hall–Kier alpha value is -4.20. The lowest BCUT2D eigenvalue weighted by Gasteiger charge is -2.38. The molecule has 1 saturated carbocycles. The van der Waals surface area contributed by atoms with Crippen molar-refractivity contribution in [2.45, 2.75) is 30.7 Å². The zero-order valence-corrected chi connectivity index (χ0v) is 18.3. The summed E-state index contributed by atoms with van der Waals surface area (Å²) in [7, 11) is 0. The van der Waals surface area contributed by atoms with E-state index in [4.69, 9.17) is 4.74 Å². The zero-order chi connectivity index (χ0) is 23.7. The third-order valence-electron chi connectivity index (χ3n) is 6.57. The van der Waals surface area contributed by atoms with Crippen molar-refractivity contribution in [1.29, 1.82) is 0 Å². The second kappa shape index (κ2) is 8.62. The number of carbonyl (C=O) groups excluding carboxylic acids is 2. The zero-order valence-electron chi connectivity index (χ0n) is 18.3. The van der Waals surface area contributed by atoms with Gasteiger partial charge >= 0.3 is 12.1 Å². The van der Waals surface area contributed by atoms with Crippen LogP contribution in [0.1, 0.15) is 46.8 Å². The third-order valence-corrected chi connectivity index (χ3v) is 6.57. The molecule has 0 atom stereocenters. The Bertz CT molecular complexity index is 1240. The Balaban J connectivity index is 1.28. The molecule has 1 fully saturated rings. The summed E-state index contributed by atoms with van der Waals surface area (Å²) in [5, 5.41) is 14.6. The Morgan fingerprint density at radius 1 is 0.971 bits per heavy atom. The number of carboxylic acids is 1. The SMILES string of the molecule is O=C(Nc1cccnc1C(=O)NC1(C(=O)O)CCC1)OCC1c2ccccc2-c2ccccc21. The molecule has 5 rings (SSSR count). The minimum Gasteiger partial charge on any atom is -0.480 e. The fraction of sp³-hybridized carbons (Fsp3) is 0.231. The molecule has 2 aliphatic carbocycles. The number of carbonyl (C=O) groups is 3. The van der Waals surface area contributed by atoms with Gasteiger partial charge in [0.1, 0.15) is 12.1 Å². The predicted molar refractivity (Wildman–Crippen MR) is 125 cm³/mol. The van der Waals surface area contributed by atoms with Crippen LogP contribution < -0.4 is 10.6 Å². The largest absolute Gasteiger partial charge is 0.480 e. The highest BCUT2D eigenvalue weighted by molar-refractivity contribution is 6.03. The molecule has 8 nitrogen and oxygen atoms in total. The van der Waals surface area contributed by atoms with E-state index < -0.39 is 23.5 Å². The number of pyridine rings is 1. The highest BCUT2D eigenvalue weighted by Gasteiger charge is 2.46. The average molecular weight is 457 g/mol. The molecule has 1 aromatic heterocycles. The Labute approximate surface area is 196 Å². The number of rotatable bonds is 6. The lowest BCUT2D eigenvalue weighted by atomic mass is 9.76. The first-order chi connectivity index (χ1) is 16.5. The van der Waals surface area contributed by atoms with Gasteiger partial charge in [0.15, 0.2) is 5.69 Å². The molecule has 3 N–H and O–H groups in total. The first-order valence-electron chi connectivity index (χ1n) is 11.1. The normalized spacial score (nSPS) is 15.4. The molecular formula is C26H23N3O5. The fourth-order valence-corrected chi connectivity index (χ4v) is 4.63. The molecule has 0 unspecified atom stereocenters. The van der Waals surface area contributed by atoms with Crippen molar-refractivity contribution in [3.8, 4) is 11.1 Å². The molecule has 0 bridgehead atoms. The van der Waals surface area contributed by atoms with Crippen molar-refractivity contribution in [3.63, 3.8) is 0 Å². The van der Waals surface area contributed by atoms with Crippen LogP contribution in [-0.2, 0) is 9.53 Å². The van der Waals surface area contributed by atoms with E-state index in [1.54, 1.807) is 6.07 Å². The molecule has 3 aromatic rings. The molecule has 2 amide bonds. The van der Waals surface area contributed by atoms with Gasteiger partial charge in [-0.2, -0.15) is 0 Å². The number of amides is 2. The van der Waals surface area contributed by atoms with Gasteiger partial charge in [0, 0.05) is 12.1 Å². The predicted octanol–water partition coefficient (Wildman–Crippen LogP) is 4.18. The van der Waals surface area contributed by atoms with Gasteiger partial charge in [0.05, 0.1) is 5.69 Å². The van der Waals surface area contributed by atoms with Crippen LogP contribution in [0.4, 0.5) is 10.5 Å². The number of hydrogen-bond donors (Lipinski definition) is 3. The lowest BCUT2D eigenvalue weighted by molar-refractivity contribution is -0.148. The standard InChI is InChI=1S/C26H23N3O5/c30-23(29-26(24(31)32)12-6-13-26)22-21(11-5-14-27-22)28-25(33)34-15-20-18-9-3-1-7-16(18)17-8-2-4-10-19(17)20/h1-5,7-11,14,20H,6,12-13,15H2,(H,28,33)(H,29,30)(H,31,32). The maximum atomic E-state index is 12.8. The number of carboxylic acid groups (broad SMARTS) is 1. The smallest absolute Gasteiger partial charge is 0.411 e. The van der Waals surface area contributed by atoms with Crippen LogP contribution >= 0.6 is 0 Å². The Kier molecular flexibility index (Phi) is 5.49. The number of aromatic nitrogens is 1. The average Bonchev–Trinajstić information content (AvgIpc) is 3.14. The summed E-state index contributed by atoms with van der Waals surface area (Å²) >= 11 is 0. The molecule has 0 saturated heterocycles. The molecule has 0 radical (unpaired) electrons. The van der Waals surface area contributed by atoms with Crippen molar-refractivity contribution in [2.75, 3.05) is 11.9 Å². The number of hydrogen-bond acceptors (Lipinski definition) is 5. The van der Waals surface area contributed by atoms with E-state index in [1.165, 1.54) is 12.3 Å². The van der Waals surface area contributed by atoms with E-state index in [1.807, 2.05) is 36.4 Å². The monoisotopic (exact) mass is 457 g/mol. The lowest BCUT2D eigenvalue weighted by Crippen LogP contribution is -2.59. The van der Waals surface area contributed by atoms with E-state index in [-0.39, 0.29) is 23.9 Å². The maximum Gasteiger partial charge on any atom is 0.411 e. The first kappa shape index (κ1) is 21.6. The molecule has 2 aromatic carbocycles. The number of nitrogens with one attached hydrogen (secondary N) is 2. The minimum absolute atomic E-state index is 0.0662. The van der Waals surface area contributed by atoms with Crippen LogP contribution in [0.3, 0.4) is 0 Å². The van der Waals surface area contributed by atoms with Crippen LogP contribution in [0.25, 0.3) is 11.1 Å².